The van der Waals surface area contributed by atoms with E-state index in [1.54, 1.807) is 21.3 Å². The van der Waals surface area contributed by atoms with Crippen molar-refractivity contribution in [3.05, 3.63) is 65.2 Å². The summed E-state index contributed by atoms with van der Waals surface area (Å²) in [7, 11) is 5.18. The lowest BCUT2D eigenvalue weighted by atomic mass is 10.1. The molecule has 2 aromatic carbocycles. The van der Waals surface area contributed by atoms with E-state index in [4.69, 9.17) is 9.47 Å². The number of para-hydroxylation sites is 1. The maximum Gasteiger partial charge on any atom is 0.191 e. The lowest BCUT2D eigenvalue weighted by Gasteiger charge is -2.13. The van der Waals surface area contributed by atoms with E-state index in [1.165, 1.54) is 16.7 Å². The predicted molar refractivity (Wildman–Crippen MR) is 102 cm³/mol. The van der Waals surface area contributed by atoms with Gasteiger partial charge in [0, 0.05) is 27.2 Å². The molecule has 0 bridgehead atoms. The highest BCUT2D eigenvalue weighted by atomic mass is 16.5. The first-order valence-electron chi connectivity index (χ1n) is 8.40. The molecule has 0 spiro atoms. The van der Waals surface area contributed by atoms with E-state index in [-0.39, 0.29) is 0 Å². The van der Waals surface area contributed by atoms with Crippen LogP contribution in [0.25, 0.3) is 0 Å². The first kappa shape index (κ1) is 18.8. The molecule has 25 heavy (non-hydrogen) atoms. The standard InChI is InChI=1S/C20H27N3O2/c1-21-20(22-12-11-18-9-4-5-10-19(18)25-3)23-14-16-7-6-8-17(13-16)15-24-2/h4-10,13H,11-12,14-15H2,1-3H3,(H2,21,22,23). The third-order valence-electron chi connectivity index (χ3n) is 3.87. The molecule has 0 saturated heterocycles. The van der Waals surface area contributed by atoms with Crippen LogP contribution in [0, 0.1) is 0 Å². The average Bonchev–Trinajstić information content (AvgIpc) is 2.65. The SMILES string of the molecule is CN=C(NCCc1ccccc1OC)NCc1cccc(COC)c1. The normalized spacial score (nSPS) is 11.2. The zero-order valence-electron chi connectivity index (χ0n) is 15.2. The summed E-state index contributed by atoms with van der Waals surface area (Å²) < 4.78 is 10.6. The van der Waals surface area contributed by atoms with Gasteiger partial charge in [-0.05, 0) is 29.2 Å². The monoisotopic (exact) mass is 341 g/mol. The van der Waals surface area contributed by atoms with Crippen molar-refractivity contribution in [1.82, 2.24) is 10.6 Å². The van der Waals surface area contributed by atoms with Crippen molar-refractivity contribution in [2.24, 2.45) is 4.99 Å². The Morgan fingerprint density at radius 3 is 2.56 bits per heavy atom. The van der Waals surface area contributed by atoms with Gasteiger partial charge in [-0.25, -0.2) is 0 Å². The number of nitrogens with zero attached hydrogens (tertiary/aromatic N) is 1. The number of benzene rings is 2. The number of aliphatic imine (C=N–C) groups is 1. The van der Waals surface area contributed by atoms with E-state index in [9.17, 15) is 0 Å². The van der Waals surface area contributed by atoms with Crippen molar-refractivity contribution in [1.29, 1.82) is 0 Å². The van der Waals surface area contributed by atoms with Crippen molar-refractivity contribution in [2.45, 2.75) is 19.6 Å². The largest absolute Gasteiger partial charge is 0.496 e. The lowest BCUT2D eigenvalue weighted by molar-refractivity contribution is 0.185. The quantitative estimate of drug-likeness (QED) is 0.573. The molecule has 2 rings (SSSR count). The second-order valence-corrected chi connectivity index (χ2v) is 5.67. The average molecular weight is 341 g/mol. The van der Waals surface area contributed by atoms with Gasteiger partial charge in [-0.1, -0.05) is 42.5 Å². The van der Waals surface area contributed by atoms with Gasteiger partial charge in [-0.15, -0.1) is 0 Å². The van der Waals surface area contributed by atoms with Gasteiger partial charge in [0.25, 0.3) is 0 Å². The highest BCUT2D eigenvalue weighted by Crippen LogP contribution is 2.17. The zero-order valence-corrected chi connectivity index (χ0v) is 15.2. The first-order chi connectivity index (χ1) is 12.3. The molecule has 0 atom stereocenters. The Kier molecular flexibility index (Phi) is 7.79. The van der Waals surface area contributed by atoms with E-state index in [0.717, 1.165) is 24.7 Å². The number of guanidine groups is 1. The first-order valence-corrected chi connectivity index (χ1v) is 8.40. The highest BCUT2D eigenvalue weighted by Gasteiger charge is 2.03. The maximum absolute atomic E-state index is 5.38. The fraction of sp³-hybridized carbons (Fsp3) is 0.350. The van der Waals surface area contributed by atoms with E-state index in [2.05, 4.69) is 39.9 Å². The second-order valence-electron chi connectivity index (χ2n) is 5.67. The molecule has 134 valence electrons. The van der Waals surface area contributed by atoms with Crippen LogP contribution in [-0.4, -0.2) is 33.8 Å². The summed E-state index contributed by atoms with van der Waals surface area (Å²) in [5, 5.41) is 6.67. The van der Waals surface area contributed by atoms with Crippen molar-refractivity contribution in [3.8, 4) is 5.75 Å². The van der Waals surface area contributed by atoms with Crippen LogP contribution in [0.15, 0.2) is 53.5 Å². The van der Waals surface area contributed by atoms with Crippen LogP contribution in [-0.2, 0) is 24.3 Å². The van der Waals surface area contributed by atoms with Gasteiger partial charge in [0.15, 0.2) is 5.96 Å². The number of methoxy groups -OCH3 is 2. The number of hydrogen-bond donors (Lipinski definition) is 2. The summed E-state index contributed by atoms with van der Waals surface area (Å²) in [5.41, 5.74) is 3.54. The summed E-state index contributed by atoms with van der Waals surface area (Å²) in [4.78, 5) is 4.27. The summed E-state index contributed by atoms with van der Waals surface area (Å²) in [6.07, 6.45) is 0.869. The van der Waals surface area contributed by atoms with E-state index < -0.39 is 0 Å². The van der Waals surface area contributed by atoms with Gasteiger partial charge >= 0.3 is 0 Å². The number of hydrogen-bond acceptors (Lipinski definition) is 3. The van der Waals surface area contributed by atoms with Crippen LogP contribution in [0.2, 0.25) is 0 Å². The lowest BCUT2D eigenvalue weighted by Crippen LogP contribution is -2.37. The summed E-state index contributed by atoms with van der Waals surface area (Å²) in [6, 6.07) is 16.4. The van der Waals surface area contributed by atoms with E-state index in [0.29, 0.717) is 13.2 Å². The minimum Gasteiger partial charge on any atom is -0.496 e. The molecule has 2 N–H and O–H groups in total. The minimum atomic E-state index is 0.625. The van der Waals surface area contributed by atoms with E-state index >= 15 is 0 Å². The third-order valence-corrected chi connectivity index (χ3v) is 3.87. The number of nitrogens with one attached hydrogen (secondary N) is 2. The minimum absolute atomic E-state index is 0.625. The molecule has 0 amide bonds. The molecular formula is C20H27N3O2. The zero-order chi connectivity index (χ0) is 17.9. The maximum atomic E-state index is 5.38. The van der Waals surface area contributed by atoms with Crippen LogP contribution in [0.4, 0.5) is 0 Å². The van der Waals surface area contributed by atoms with Gasteiger partial charge in [0.2, 0.25) is 0 Å². The van der Waals surface area contributed by atoms with Gasteiger partial charge in [0.1, 0.15) is 5.75 Å². The molecule has 0 aliphatic rings. The molecular weight excluding hydrogens is 314 g/mol. The molecule has 5 heteroatoms. The molecule has 0 fully saturated rings. The topological polar surface area (TPSA) is 54.9 Å². The van der Waals surface area contributed by atoms with Crippen molar-refractivity contribution < 1.29 is 9.47 Å². The molecule has 0 unspecified atom stereocenters. The molecule has 5 nitrogen and oxygen atoms in total. The van der Waals surface area contributed by atoms with Crippen molar-refractivity contribution >= 4 is 5.96 Å². The van der Waals surface area contributed by atoms with Crippen LogP contribution in [0.3, 0.4) is 0 Å². The van der Waals surface area contributed by atoms with Crippen LogP contribution >= 0.6 is 0 Å². The Labute approximate surface area is 150 Å². The Bertz CT molecular complexity index is 686. The number of rotatable bonds is 8. The van der Waals surface area contributed by atoms with Gasteiger partial charge < -0.3 is 20.1 Å². The fourth-order valence-electron chi connectivity index (χ4n) is 2.63. The Hall–Kier alpha value is -2.53. The van der Waals surface area contributed by atoms with Gasteiger partial charge in [-0.2, -0.15) is 0 Å². The fourth-order valence-corrected chi connectivity index (χ4v) is 2.63. The van der Waals surface area contributed by atoms with Gasteiger partial charge in [0.05, 0.1) is 13.7 Å². The summed E-state index contributed by atoms with van der Waals surface area (Å²) in [6.45, 7) is 2.12. The molecule has 0 aliphatic heterocycles. The predicted octanol–water partition coefficient (Wildman–Crippen LogP) is 2.75. The Balaban J connectivity index is 1.82. The molecule has 0 heterocycles. The third kappa shape index (κ3) is 6.12. The summed E-state index contributed by atoms with van der Waals surface area (Å²) in [5.74, 6) is 1.70. The molecule has 0 saturated carbocycles. The van der Waals surface area contributed by atoms with Crippen molar-refractivity contribution in [3.63, 3.8) is 0 Å². The van der Waals surface area contributed by atoms with Crippen LogP contribution in [0.1, 0.15) is 16.7 Å². The molecule has 0 aromatic heterocycles. The Morgan fingerprint density at radius 2 is 1.80 bits per heavy atom. The van der Waals surface area contributed by atoms with Gasteiger partial charge in [-0.3, -0.25) is 4.99 Å². The molecule has 0 radical (unpaired) electrons. The Morgan fingerprint density at radius 1 is 1.00 bits per heavy atom. The van der Waals surface area contributed by atoms with Crippen LogP contribution in [0.5, 0.6) is 5.75 Å². The number of ether oxygens (including phenoxy) is 2. The van der Waals surface area contributed by atoms with E-state index in [1.807, 2.05) is 24.3 Å². The second kappa shape index (κ2) is 10.4. The highest BCUT2D eigenvalue weighted by molar-refractivity contribution is 5.79. The molecule has 0 aliphatic carbocycles. The van der Waals surface area contributed by atoms with Crippen molar-refractivity contribution in [2.75, 3.05) is 27.8 Å². The van der Waals surface area contributed by atoms with Crippen LogP contribution < -0.4 is 15.4 Å². The smallest absolute Gasteiger partial charge is 0.191 e. The molecule has 2 aromatic rings. The summed E-state index contributed by atoms with van der Waals surface area (Å²) >= 11 is 0.